The Morgan fingerprint density at radius 3 is 2.56 bits per heavy atom. The summed E-state index contributed by atoms with van der Waals surface area (Å²) in [7, 11) is 0. The van der Waals surface area contributed by atoms with Crippen LogP contribution >= 0.6 is 0 Å². The molecule has 0 atom stereocenters. The van der Waals surface area contributed by atoms with E-state index >= 15 is 0 Å². The summed E-state index contributed by atoms with van der Waals surface area (Å²) in [6.45, 7) is 4.95. The van der Waals surface area contributed by atoms with Crippen LogP contribution in [-0.4, -0.2) is 32.5 Å². The zero-order valence-corrected chi connectivity index (χ0v) is 14.3. The van der Waals surface area contributed by atoms with Gasteiger partial charge in [0.2, 0.25) is 6.79 Å². The van der Waals surface area contributed by atoms with Gasteiger partial charge in [-0.3, -0.25) is 4.79 Å². The molecule has 2 aromatic rings. The molecular formula is C19H21NO5. The Morgan fingerprint density at radius 2 is 1.76 bits per heavy atom. The van der Waals surface area contributed by atoms with Crippen molar-refractivity contribution in [2.75, 3.05) is 26.6 Å². The van der Waals surface area contributed by atoms with Crippen LogP contribution in [0.5, 0.6) is 23.0 Å². The van der Waals surface area contributed by atoms with Gasteiger partial charge in [0.15, 0.2) is 18.1 Å². The summed E-state index contributed by atoms with van der Waals surface area (Å²) >= 11 is 0. The molecule has 1 aliphatic rings. The summed E-state index contributed by atoms with van der Waals surface area (Å²) in [6, 6.07) is 11.2. The Hall–Kier alpha value is -2.89. The van der Waals surface area contributed by atoms with Crippen LogP contribution in [0.15, 0.2) is 36.4 Å². The summed E-state index contributed by atoms with van der Waals surface area (Å²) in [6.07, 6.45) is 0. The minimum atomic E-state index is -0.187. The Bertz CT molecular complexity index is 739. The second-order valence-corrected chi connectivity index (χ2v) is 5.83. The topological polar surface area (TPSA) is 66.0 Å². The SMILES string of the molecule is Cc1cc(C)cc(OCC(=O)NCCOc2ccc3c(c2)OCO3)c1. The van der Waals surface area contributed by atoms with Crippen molar-refractivity contribution in [3.8, 4) is 23.0 Å². The first-order chi connectivity index (χ1) is 12.1. The monoisotopic (exact) mass is 343 g/mol. The number of carbonyl (C=O) groups is 1. The Balaban J connectivity index is 1.36. The predicted molar refractivity (Wildman–Crippen MR) is 92.5 cm³/mol. The molecular weight excluding hydrogens is 322 g/mol. The van der Waals surface area contributed by atoms with Gasteiger partial charge in [0.1, 0.15) is 18.1 Å². The number of hydrogen-bond acceptors (Lipinski definition) is 5. The number of carbonyl (C=O) groups excluding carboxylic acids is 1. The van der Waals surface area contributed by atoms with E-state index in [1.54, 1.807) is 18.2 Å². The molecule has 0 saturated carbocycles. The zero-order valence-electron chi connectivity index (χ0n) is 14.3. The fourth-order valence-corrected chi connectivity index (χ4v) is 2.54. The van der Waals surface area contributed by atoms with E-state index in [0.29, 0.717) is 36.1 Å². The number of amides is 1. The lowest BCUT2D eigenvalue weighted by Crippen LogP contribution is -2.32. The first kappa shape index (κ1) is 17.0. The van der Waals surface area contributed by atoms with Crippen LogP contribution in [-0.2, 0) is 4.79 Å². The number of aryl methyl sites for hydroxylation is 2. The highest BCUT2D eigenvalue weighted by Gasteiger charge is 2.13. The molecule has 0 aliphatic carbocycles. The number of benzene rings is 2. The summed E-state index contributed by atoms with van der Waals surface area (Å²) in [5.41, 5.74) is 2.21. The molecule has 3 rings (SSSR count). The van der Waals surface area contributed by atoms with Gasteiger partial charge >= 0.3 is 0 Å². The van der Waals surface area contributed by atoms with Gasteiger partial charge in [-0.25, -0.2) is 0 Å². The van der Waals surface area contributed by atoms with E-state index in [-0.39, 0.29) is 19.3 Å². The van der Waals surface area contributed by atoms with Crippen molar-refractivity contribution < 1.29 is 23.7 Å². The van der Waals surface area contributed by atoms with E-state index in [9.17, 15) is 4.79 Å². The molecule has 1 amide bonds. The van der Waals surface area contributed by atoms with Crippen molar-refractivity contribution >= 4 is 5.91 Å². The fourth-order valence-electron chi connectivity index (χ4n) is 2.54. The molecule has 132 valence electrons. The van der Waals surface area contributed by atoms with Crippen LogP contribution in [0, 0.1) is 13.8 Å². The average Bonchev–Trinajstić information content (AvgIpc) is 3.04. The third kappa shape index (κ3) is 4.79. The highest BCUT2D eigenvalue weighted by molar-refractivity contribution is 5.77. The number of rotatable bonds is 7. The zero-order chi connectivity index (χ0) is 17.6. The number of nitrogens with one attached hydrogen (secondary N) is 1. The molecule has 0 spiro atoms. The first-order valence-corrected chi connectivity index (χ1v) is 8.10. The van der Waals surface area contributed by atoms with Crippen molar-refractivity contribution in [3.05, 3.63) is 47.5 Å². The van der Waals surface area contributed by atoms with Crippen LogP contribution in [0.1, 0.15) is 11.1 Å². The van der Waals surface area contributed by atoms with Crippen LogP contribution < -0.4 is 24.3 Å². The standard InChI is InChI=1S/C19H21NO5/c1-13-7-14(2)9-16(8-13)23-11-19(21)20-5-6-22-15-3-4-17-18(10-15)25-12-24-17/h3-4,7-10H,5-6,11-12H2,1-2H3,(H,20,21). The van der Waals surface area contributed by atoms with Gasteiger partial charge in [-0.15, -0.1) is 0 Å². The van der Waals surface area contributed by atoms with Crippen molar-refractivity contribution in [1.82, 2.24) is 5.32 Å². The van der Waals surface area contributed by atoms with Gasteiger partial charge in [0, 0.05) is 6.07 Å². The third-order valence-electron chi connectivity index (χ3n) is 3.60. The van der Waals surface area contributed by atoms with Crippen molar-refractivity contribution in [3.63, 3.8) is 0 Å². The van der Waals surface area contributed by atoms with Crippen molar-refractivity contribution in [2.45, 2.75) is 13.8 Å². The number of fused-ring (bicyclic) bond motifs is 1. The smallest absolute Gasteiger partial charge is 0.258 e. The predicted octanol–water partition coefficient (Wildman–Crippen LogP) is 2.61. The van der Waals surface area contributed by atoms with Crippen molar-refractivity contribution in [1.29, 1.82) is 0 Å². The lowest BCUT2D eigenvalue weighted by Gasteiger charge is -2.10. The Morgan fingerprint density at radius 1 is 1.00 bits per heavy atom. The lowest BCUT2D eigenvalue weighted by molar-refractivity contribution is -0.123. The van der Waals surface area contributed by atoms with E-state index in [0.717, 1.165) is 11.1 Å². The Kier molecular flexibility index (Phi) is 5.28. The third-order valence-corrected chi connectivity index (χ3v) is 3.60. The minimum Gasteiger partial charge on any atom is -0.492 e. The first-order valence-electron chi connectivity index (χ1n) is 8.10. The molecule has 25 heavy (non-hydrogen) atoms. The quantitative estimate of drug-likeness (QED) is 0.783. The molecule has 0 saturated heterocycles. The van der Waals surface area contributed by atoms with E-state index in [1.165, 1.54) is 0 Å². The fraction of sp³-hybridized carbons (Fsp3) is 0.316. The van der Waals surface area contributed by atoms with Gasteiger partial charge in [-0.05, 0) is 49.2 Å². The lowest BCUT2D eigenvalue weighted by atomic mass is 10.1. The van der Waals surface area contributed by atoms with Crippen LogP contribution in [0.3, 0.4) is 0 Å². The molecule has 6 nitrogen and oxygen atoms in total. The van der Waals surface area contributed by atoms with Crippen LogP contribution in [0.2, 0.25) is 0 Å². The summed E-state index contributed by atoms with van der Waals surface area (Å²) < 4.78 is 21.6. The van der Waals surface area contributed by atoms with E-state index in [1.807, 2.05) is 26.0 Å². The maximum Gasteiger partial charge on any atom is 0.258 e. The summed E-state index contributed by atoms with van der Waals surface area (Å²) in [5, 5.41) is 2.76. The van der Waals surface area contributed by atoms with Crippen LogP contribution in [0.25, 0.3) is 0 Å². The minimum absolute atomic E-state index is 0.0209. The van der Waals surface area contributed by atoms with Crippen molar-refractivity contribution in [2.24, 2.45) is 0 Å². The Labute approximate surface area is 146 Å². The molecule has 6 heteroatoms. The molecule has 0 radical (unpaired) electrons. The molecule has 1 N–H and O–H groups in total. The summed E-state index contributed by atoms with van der Waals surface area (Å²) in [5.74, 6) is 2.57. The summed E-state index contributed by atoms with van der Waals surface area (Å²) in [4.78, 5) is 11.8. The van der Waals surface area contributed by atoms with Crippen LogP contribution in [0.4, 0.5) is 0 Å². The normalized spacial score (nSPS) is 11.9. The highest BCUT2D eigenvalue weighted by Crippen LogP contribution is 2.34. The maximum absolute atomic E-state index is 11.8. The van der Waals surface area contributed by atoms with Gasteiger partial charge in [-0.1, -0.05) is 6.07 Å². The molecule has 1 aliphatic heterocycles. The van der Waals surface area contributed by atoms with Gasteiger partial charge < -0.3 is 24.3 Å². The van der Waals surface area contributed by atoms with E-state index in [2.05, 4.69) is 11.4 Å². The molecule has 0 aromatic heterocycles. The maximum atomic E-state index is 11.8. The van der Waals surface area contributed by atoms with E-state index < -0.39 is 0 Å². The van der Waals surface area contributed by atoms with E-state index in [4.69, 9.17) is 18.9 Å². The highest BCUT2D eigenvalue weighted by atomic mass is 16.7. The second-order valence-electron chi connectivity index (χ2n) is 5.83. The molecule has 1 heterocycles. The van der Waals surface area contributed by atoms with Gasteiger partial charge in [0.25, 0.3) is 5.91 Å². The molecule has 0 unspecified atom stereocenters. The average molecular weight is 343 g/mol. The van der Waals surface area contributed by atoms with Gasteiger partial charge in [-0.2, -0.15) is 0 Å². The molecule has 2 aromatic carbocycles. The number of ether oxygens (including phenoxy) is 4. The molecule has 0 fully saturated rings. The number of hydrogen-bond donors (Lipinski definition) is 1. The second kappa shape index (κ2) is 7.79. The largest absolute Gasteiger partial charge is 0.492 e. The molecule has 0 bridgehead atoms. The van der Waals surface area contributed by atoms with Gasteiger partial charge in [0.05, 0.1) is 6.54 Å².